The normalized spacial score (nSPS) is 11.6. The number of nitrogens with one attached hydrogen (secondary N) is 2. The lowest BCUT2D eigenvalue weighted by molar-refractivity contribution is -0.115. The Balaban J connectivity index is 1.39. The van der Waals surface area contributed by atoms with Crippen LogP contribution < -0.4 is 20.1 Å². The van der Waals surface area contributed by atoms with Crippen molar-refractivity contribution >= 4 is 55.9 Å². The molecule has 2 amide bonds. The molecule has 174 valence electrons. The standard InChI is InChI=1S/C25H23N3O4S2/c1-15(23(29)28-25-27-21-11-10-19(32-3)14-22(21)34-25)33-20-9-5-7-17(13-20)26-24(30)16-6-4-8-18(12-16)31-2/h4-15H,1-3H3,(H,26,30)(H,27,28,29). The van der Waals surface area contributed by atoms with Crippen LogP contribution in [0.1, 0.15) is 17.3 Å². The molecule has 0 aliphatic heterocycles. The molecule has 1 atom stereocenters. The van der Waals surface area contributed by atoms with Crippen LogP contribution in [0.5, 0.6) is 11.5 Å². The van der Waals surface area contributed by atoms with E-state index in [9.17, 15) is 9.59 Å². The molecule has 0 spiro atoms. The number of carbonyl (C=O) groups is 2. The molecule has 2 N–H and O–H groups in total. The van der Waals surface area contributed by atoms with Gasteiger partial charge in [0, 0.05) is 16.1 Å². The minimum Gasteiger partial charge on any atom is -0.497 e. The predicted octanol–water partition coefficient (Wildman–Crippen LogP) is 5.69. The van der Waals surface area contributed by atoms with Gasteiger partial charge >= 0.3 is 0 Å². The Labute approximate surface area is 205 Å². The number of nitrogens with zero attached hydrogens (tertiary/aromatic N) is 1. The van der Waals surface area contributed by atoms with Gasteiger partial charge in [0.1, 0.15) is 11.5 Å². The zero-order valence-corrected chi connectivity index (χ0v) is 20.5. The third kappa shape index (κ3) is 5.67. The molecule has 9 heteroatoms. The minimum absolute atomic E-state index is 0.151. The van der Waals surface area contributed by atoms with Gasteiger partial charge in [-0.15, -0.1) is 11.8 Å². The van der Waals surface area contributed by atoms with Crippen molar-refractivity contribution in [3.05, 3.63) is 72.3 Å². The van der Waals surface area contributed by atoms with Gasteiger partial charge in [0.2, 0.25) is 5.91 Å². The maximum Gasteiger partial charge on any atom is 0.255 e. The molecule has 4 aromatic rings. The van der Waals surface area contributed by atoms with Crippen molar-refractivity contribution in [3.63, 3.8) is 0 Å². The van der Waals surface area contributed by atoms with E-state index in [1.165, 1.54) is 23.1 Å². The highest BCUT2D eigenvalue weighted by Crippen LogP contribution is 2.31. The van der Waals surface area contributed by atoms with Gasteiger partial charge in [-0.1, -0.05) is 23.5 Å². The lowest BCUT2D eigenvalue weighted by Crippen LogP contribution is -2.22. The van der Waals surface area contributed by atoms with Gasteiger partial charge in [0.05, 0.1) is 29.7 Å². The highest BCUT2D eigenvalue weighted by atomic mass is 32.2. The molecular formula is C25H23N3O4S2. The Morgan fingerprint density at radius 1 is 0.941 bits per heavy atom. The molecule has 0 saturated heterocycles. The van der Waals surface area contributed by atoms with Crippen LogP contribution in [0, 0.1) is 0 Å². The SMILES string of the molecule is COc1cccc(C(=O)Nc2cccc(SC(C)C(=O)Nc3nc4ccc(OC)cc4s3)c2)c1. The van der Waals surface area contributed by atoms with Crippen LogP contribution in [-0.4, -0.2) is 36.3 Å². The molecule has 0 aliphatic rings. The second-order valence-corrected chi connectivity index (χ2v) is 9.76. The number of aromatic nitrogens is 1. The summed E-state index contributed by atoms with van der Waals surface area (Å²) in [5.41, 5.74) is 1.95. The van der Waals surface area contributed by atoms with Crippen molar-refractivity contribution in [3.8, 4) is 11.5 Å². The van der Waals surface area contributed by atoms with Crippen LogP contribution in [-0.2, 0) is 4.79 Å². The van der Waals surface area contributed by atoms with Gasteiger partial charge in [0.25, 0.3) is 5.91 Å². The molecular weight excluding hydrogens is 470 g/mol. The van der Waals surface area contributed by atoms with Crippen LogP contribution in [0.3, 0.4) is 0 Å². The number of methoxy groups -OCH3 is 2. The number of thiazole rings is 1. The Bertz CT molecular complexity index is 1340. The monoisotopic (exact) mass is 493 g/mol. The van der Waals surface area contributed by atoms with Gasteiger partial charge in [-0.3, -0.25) is 9.59 Å². The number of hydrogen-bond acceptors (Lipinski definition) is 7. The zero-order chi connectivity index (χ0) is 24.1. The van der Waals surface area contributed by atoms with E-state index in [0.717, 1.165) is 20.9 Å². The first-order valence-electron chi connectivity index (χ1n) is 10.4. The molecule has 0 fully saturated rings. The van der Waals surface area contributed by atoms with E-state index in [1.807, 2.05) is 49.4 Å². The molecule has 0 saturated carbocycles. The fourth-order valence-corrected chi connectivity index (χ4v) is 4.99. The Morgan fingerprint density at radius 3 is 2.50 bits per heavy atom. The van der Waals surface area contributed by atoms with Crippen LogP contribution in [0.15, 0.2) is 71.6 Å². The van der Waals surface area contributed by atoms with E-state index in [1.54, 1.807) is 38.5 Å². The number of rotatable bonds is 8. The smallest absolute Gasteiger partial charge is 0.255 e. The molecule has 4 rings (SSSR count). The number of amides is 2. The van der Waals surface area contributed by atoms with Crippen molar-refractivity contribution in [2.24, 2.45) is 0 Å². The molecule has 0 aliphatic carbocycles. The fourth-order valence-electron chi connectivity index (χ4n) is 3.16. The summed E-state index contributed by atoms with van der Waals surface area (Å²) in [5, 5.41) is 5.95. The third-order valence-corrected chi connectivity index (χ3v) is 6.96. The summed E-state index contributed by atoms with van der Waals surface area (Å²) in [5.74, 6) is 0.974. The number of carbonyl (C=O) groups excluding carboxylic acids is 2. The van der Waals surface area contributed by atoms with Crippen molar-refractivity contribution in [1.82, 2.24) is 4.98 Å². The van der Waals surface area contributed by atoms with E-state index in [4.69, 9.17) is 9.47 Å². The van der Waals surface area contributed by atoms with E-state index < -0.39 is 0 Å². The highest BCUT2D eigenvalue weighted by Gasteiger charge is 2.17. The van der Waals surface area contributed by atoms with Crippen molar-refractivity contribution in [2.75, 3.05) is 24.9 Å². The number of fused-ring (bicyclic) bond motifs is 1. The average molecular weight is 494 g/mol. The molecule has 34 heavy (non-hydrogen) atoms. The zero-order valence-electron chi connectivity index (χ0n) is 18.8. The topological polar surface area (TPSA) is 89.5 Å². The summed E-state index contributed by atoms with van der Waals surface area (Å²) in [7, 11) is 3.17. The van der Waals surface area contributed by atoms with E-state index in [0.29, 0.717) is 22.1 Å². The molecule has 1 heterocycles. The summed E-state index contributed by atoms with van der Waals surface area (Å²) < 4.78 is 11.4. The first kappa shape index (κ1) is 23.6. The van der Waals surface area contributed by atoms with E-state index >= 15 is 0 Å². The highest BCUT2D eigenvalue weighted by molar-refractivity contribution is 8.00. The molecule has 7 nitrogen and oxygen atoms in total. The maximum absolute atomic E-state index is 12.8. The second-order valence-electron chi connectivity index (χ2n) is 7.32. The maximum atomic E-state index is 12.8. The largest absolute Gasteiger partial charge is 0.497 e. The van der Waals surface area contributed by atoms with Gasteiger partial charge in [-0.2, -0.15) is 0 Å². The molecule has 3 aromatic carbocycles. The summed E-state index contributed by atoms with van der Waals surface area (Å²) in [4.78, 5) is 30.7. The summed E-state index contributed by atoms with van der Waals surface area (Å²) >= 11 is 2.80. The first-order valence-corrected chi connectivity index (χ1v) is 12.1. The fraction of sp³-hybridized carbons (Fsp3) is 0.160. The third-order valence-electron chi connectivity index (χ3n) is 4.93. The Hall–Kier alpha value is -3.56. The van der Waals surface area contributed by atoms with Crippen molar-refractivity contribution in [1.29, 1.82) is 0 Å². The van der Waals surface area contributed by atoms with Gasteiger partial charge in [-0.25, -0.2) is 4.98 Å². The minimum atomic E-state index is -0.370. The lowest BCUT2D eigenvalue weighted by Gasteiger charge is -2.12. The first-order chi connectivity index (χ1) is 16.4. The molecule has 0 bridgehead atoms. The Morgan fingerprint density at radius 2 is 1.71 bits per heavy atom. The van der Waals surface area contributed by atoms with Crippen LogP contribution in [0.25, 0.3) is 10.2 Å². The Kier molecular flexibility index (Phi) is 7.34. The lowest BCUT2D eigenvalue weighted by atomic mass is 10.2. The van der Waals surface area contributed by atoms with Gasteiger partial charge in [0.15, 0.2) is 5.13 Å². The number of hydrogen-bond donors (Lipinski definition) is 2. The number of anilines is 2. The second kappa shape index (κ2) is 10.6. The molecule has 1 unspecified atom stereocenters. The van der Waals surface area contributed by atoms with Crippen LogP contribution >= 0.6 is 23.1 Å². The van der Waals surface area contributed by atoms with Gasteiger partial charge < -0.3 is 20.1 Å². The van der Waals surface area contributed by atoms with Crippen molar-refractivity contribution in [2.45, 2.75) is 17.1 Å². The molecule has 1 aromatic heterocycles. The van der Waals surface area contributed by atoms with E-state index in [2.05, 4.69) is 15.6 Å². The van der Waals surface area contributed by atoms with E-state index in [-0.39, 0.29) is 17.1 Å². The number of ether oxygens (including phenoxy) is 2. The number of thioether (sulfide) groups is 1. The predicted molar refractivity (Wildman–Crippen MR) is 138 cm³/mol. The van der Waals surface area contributed by atoms with Gasteiger partial charge in [-0.05, 0) is 61.5 Å². The average Bonchev–Trinajstić information content (AvgIpc) is 3.25. The summed E-state index contributed by atoms with van der Waals surface area (Å²) in [6.45, 7) is 1.83. The summed E-state index contributed by atoms with van der Waals surface area (Å²) in [6, 6.07) is 19.9. The quantitative estimate of drug-likeness (QED) is 0.307. The van der Waals surface area contributed by atoms with Crippen molar-refractivity contribution < 1.29 is 19.1 Å². The molecule has 0 radical (unpaired) electrons. The van der Waals surface area contributed by atoms with Crippen LogP contribution in [0.4, 0.5) is 10.8 Å². The summed E-state index contributed by atoms with van der Waals surface area (Å²) in [6.07, 6.45) is 0. The number of benzene rings is 3. The van der Waals surface area contributed by atoms with Crippen LogP contribution in [0.2, 0.25) is 0 Å².